The molecule has 2 nitrogen and oxygen atoms in total. The average Bonchev–Trinajstić information content (AvgIpc) is 3.01. The molecule has 82 valence electrons. The van der Waals surface area contributed by atoms with Gasteiger partial charge in [0.2, 0.25) is 0 Å². The highest BCUT2D eigenvalue weighted by Crippen LogP contribution is 2.41. The molecule has 0 bridgehead atoms. The lowest BCUT2D eigenvalue weighted by molar-refractivity contribution is 0.0372. The number of methoxy groups -OCH3 is 1. The summed E-state index contributed by atoms with van der Waals surface area (Å²) in [5, 5.41) is 10.2. The van der Waals surface area contributed by atoms with E-state index in [9.17, 15) is 5.11 Å². The van der Waals surface area contributed by atoms with E-state index in [1.165, 1.54) is 18.4 Å². The van der Waals surface area contributed by atoms with E-state index in [1.807, 2.05) is 31.2 Å². The minimum absolute atomic E-state index is 0.500. The fraction of sp³-hybridized carbons (Fsp3) is 0.538. The van der Waals surface area contributed by atoms with Crippen LogP contribution in [0.3, 0.4) is 0 Å². The van der Waals surface area contributed by atoms with Gasteiger partial charge in [0.15, 0.2) is 0 Å². The Hall–Kier alpha value is -1.02. The van der Waals surface area contributed by atoms with Gasteiger partial charge in [0.1, 0.15) is 5.75 Å². The second kappa shape index (κ2) is 3.86. The molecular formula is C13H18O2. The Morgan fingerprint density at radius 3 is 2.40 bits per heavy atom. The maximum Gasteiger partial charge on any atom is 0.118 e. The van der Waals surface area contributed by atoms with Gasteiger partial charge in [0.05, 0.1) is 12.7 Å². The van der Waals surface area contributed by atoms with Gasteiger partial charge in [-0.1, -0.05) is 12.1 Å². The fourth-order valence-corrected chi connectivity index (χ4v) is 2.01. The summed E-state index contributed by atoms with van der Waals surface area (Å²) in [5.74, 6) is 1.37. The van der Waals surface area contributed by atoms with Crippen LogP contribution >= 0.6 is 0 Å². The highest BCUT2D eigenvalue weighted by atomic mass is 16.5. The number of aliphatic hydroxyl groups is 1. The van der Waals surface area contributed by atoms with Crippen molar-refractivity contribution in [3.8, 4) is 5.75 Å². The largest absolute Gasteiger partial charge is 0.497 e. The zero-order valence-corrected chi connectivity index (χ0v) is 9.36. The van der Waals surface area contributed by atoms with Crippen LogP contribution in [0.1, 0.15) is 25.3 Å². The zero-order valence-electron chi connectivity index (χ0n) is 9.36. The summed E-state index contributed by atoms with van der Waals surface area (Å²) < 4.78 is 5.10. The van der Waals surface area contributed by atoms with Crippen LogP contribution in [0, 0.1) is 5.92 Å². The van der Waals surface area contributed by atoms with Crippen LogP contribution in [-0.2, 0) is 6.42 Å². The second-order valence-electron chi connectivity index (χ2n) is 4.66. The lowest BCUT2D eigenvalue weighted by Gasteiger charge is -2.23. The molecule has 0 aromatic heterocycles. The molecule has 2 heteroatoms. The van der Waals surface area contributed by atoms with Crippen LogP contribution in [0.5, 0.6) is 5.75 Å². The molecule has 15 heavy (non-hydrogen) atoms. The molecule has 1 saturated carbocycles. The van der Waals surface area contributed by atoms with E-state index in [0.29, 0.717) is 5.92 Å². The summed E-state index contributed by atoms with van der Waals surface area (Å²) in [6.45, 7) is 1.94. The molecule has 0 radical (unpaired) electrons. The third-order valence-corrected chi connectivity index (χ3v) is 3.18. The molecule has 1 aliphatic carbocycles. The Kier molecular flexibility index (Phi) is 2.70. The van der Waals surface area contributed by atoms with Gasteiger partial charge in [0.25, 0.3) is 0 Å². The van der Waals surface area contributed by atoms with E-state index in [2.05, 4.69) is 0 Å². The minimum Gasteiger partial charge on any atom is -0.497 e. The summed E-state index contributed by atoms with van der Waals surface area (Å²) in [5.41, 5.74) is 0.641. The highest BCUT2D eigenvalue weighted by molar-refractivity contribution is 5.28. The topological polar surface area (TPSA) is 29.5 Å². The molecule has 2 rings (SSSR count). The van der Waals surface area contributed by atoms with Crippen LogP contribution in [-0.4, -0.2) is 17.8 Å². The first-order valence-electron chi connectivity index (χ1n) is 5.47. The molecule has 1 fully saturated rings. The van der Waals surface area contributed by atoms with Crippen molar-refractivity contribution < 1.29 is 9.84 Å². The lowest BCUT2D eigenvalue weighted by Crippen LogP contribution is -2.29. The van der Waals surface area contributed by atoms with Gasteiger partial charge >= 0.3 is 0 Å². The zero-order chi connectivity index (χ0) is 10.9. The van der Waals surface area contributed by atoms with Crippen LogP contribution in [0.2, 0.25) is 0 Å². The van der Waals surface area contributed by atoms with Crippen molar-refractivity contribution in [3.05, 3.63) is 29.8 Å². The third-order valence-electron chi connectivity index (χ3n) is 3.18. The van der Waals surface area contributed by atoms with Gasteiger partial charge in [-0.25, -0.2) is 0 Å². The van der Waals surface area contributed by atoms with Crippen molar-refractivity contribution in [1.82, 2.24) is 0 Å². The van der Waals surface area contributed by atoms with Gasteiger partial charge in [-0.05, 0) is 43.4 Å². The standard InChI is InChI=1S/C13H18O2/c1-13(14,11-5-6-11)9-10-3-7-12(15-2)8-4-10/h3-4,7-8,11,14H,5-6,9H2,1-2H3. The molecule has 0 aliphatic heterocycles. The summed E-state index contributed by atoms with van der Waals surface area (Å²) in [6, 6.07) is 7.93. The Labute approximate surface area is 90.9 Å². The van der Waals surface area contributed by atoms with Gasteiger partial charge in [-0.2, -0.15) is 0 Å². The Morgan fingerprint density at radius 2 is 1.93 bits per heavy atom. The quantitative estimate of drug-likeness (QED) is 0.819. The molecule has 1 aromatic rings. The molecule has 0 spiro atoms. The van der Waals surface area contributed by atoms with Crippen molar-refractivity contribution in [2.75, 3.05) is 7.11 Å². The van der Waals surface area contributed by atoms with Gasteiger partial charge in [0, 0.05) is 6.42 Å². The molecule has 1 unspecified atom stereocenters. The molecule has 1 aliphatic rings. The van der Waals surface area contributed by atoms with E-state index in [0.717, 1.165) is 12.2 Å². The maximum absolute atomic E-state index is 10.2. The smallest absolute Gasteiger partial charge is 0.118 e. The normalized spacial score (nSPS) is 19.7. The Bertz CT molecular complexity index is 323. The SMILES string of the molecule is COc1ccc(CC(C)(O)C2CC2)cc1. The Morgan fingerprint density at radius 1 is 1.33 bits per heavy atom. The van der Waals surface area contributed by atoms with E-state index in [4.69, 9.17) is 4.74 Å². The fourth-order valence-electron chi connectivity index (χ4n) is 2.01. The molecule has 0 amide bonds. The first kappa shape index (κ1) is 10.5. The summed E-state index contributed by atoms with van der Waals surface area (Å²) in [4.78, 5) is 0. The van der Waals surface area contributed by atoms with Crippen molar-refractivity contribution in [1.29, 1.82) is 0 Å². The number of hydrogen-bond donors (Lipinski definition) is 1. The molecule has 1 atom stereocenters. The van der Waals surface area contributed by atoms with Crippen molar-refractivity contribution in [2.45, 2.75) is 31.8 Å². The van der Waals surface area contributed by atoms with Gasteiger partial charge in [-0.15, -0.1) is 0 Å². The molecular weight excluding hydrogens is 188 g/mol. The lowest BCUT2D eigenvalue weighted by atomic mass is 9.92. The van der Waals surface area contributed by atoms with Crippen LogP contribution in [0.15, 0.2) is 24.3 Å². The van der Waals surface area contributed by atoms with E-state index >= 15 is 0 Å². The first-order valence-corrected chi connectivity index (χ1v) is 5.47. The van der Waals surface area contributed by atoms with Crippen molar-refractivity contribution in [3.63, 3.8) is 0 Å². The Balaban J connectivity index is 2.03. The first-order chi connectivity index (χ1) is 7.12. The average molecular weight is 206 g/mol. The highest BCUT2D eigenvalue weighted by Gasteiger charge is 2.39. The number of ether oxygens (including phenoxy) is 1. The van der Waals surface area contributed by atoms with Crippen LogP contribution in [0.4, 0.5) is 0 Å². The third kappa shape index (κ3) is 2.51. The van der Waals surface area contributed by atoms with Crippen LogP contribution < -0.4 is 4.74 Å². The molecule has 1 aromatic carbocycles. The molecule has 0 heterocycles. The maximum atomic E-state index is 10.2. The van der Waals surface area contributed by atoms with Crippen molar-refractivity contribution >= 4 is 0 Å². The van der Waals surface area contributed by atoms with E-state index in [-0.39, 0.29) is 0 Å². The van der Waals surface area contributed by atoms with Crippen molar-refractivity contribution in [2.24, 2.45) is 5.92 Å². The van der Waals surface area contributed by atoms with E-state index < -0.39 is 5.60 Å². The monoisotopic (exact) mass is 206 g/mol. The van der Waals surface area contributed by atoms with E-state index in [1.54, 1.807) is 7.11 Å². The molecule has 1 N–H and O–H groups in total. The number of benzene rings is 1. The van der Waals surface area contributed by atoms with Crippen LogP contribution in [0.25, 0.3) is 0 Å². The summed E-state index contributed by atoms with van der Waals surface area (Å²) >= 11 is 0. The number of hydrogen-bond acceptors (Lipinski definition) is 2. The minimum atomic E-state index is -0.533. The number of rotatable bonds is 4. The van der Waals surface area contributed by atoms with Gasteiger partial charge < -0.3 is 9.84 Å². The summed E-state index contributed by atoms with van der Waals surface area (Å²) in [7, 11) is 1.66. The predicted octanol–water partition coefficient (Wildman–Crippen LogP) is 2.40. The molecule has 0 saturated heterocycles. The second-order valence-corrected chi connectivity index (χ2v) is 4.66. The van der Waals surface area contributed by atoms with Gasteiger partial charge in [-0.3, -0.25) is 0 Å². The predicted molar refractivity (Wildman–Crippen MR) is 60.0 cm³/mol. The summed E-state index contributed by atoms with van der Waals surface area (Å²) in [6.07, 6.45) is 3.08.